The third kappa shape index (κ3) is 26.3. The largest absolute Gasteiger partial charge is 0.870 e. The third-order valence-corrected chi connectivity index (χ3v) is 0.355. The van der Waals surface area contributed by atoms with Gasteiger partial charge in [0, 0.05) is 27.3 Å². The van der Waals surface area contributed by atoms with E-state index in [0.29, 0.717) is 12.2 Å². The van der Waals surface area contributed by atoms with E-state index in [2.05, 4.69) is 0 Å². The van der Waals surface area contributed by atoms with Gasteiger partial charge in [-0.05, 0) is 12.2 Å². The first-order valence-electron chi connectivity index (χ1n) is 1.73. The van der Waals surface area contributed by atoms with Gasteiger partial charge >= 0.3 is 0 Å². The van der Waals surface area contributed by atoms with Gasteiger partial charge in [-0.3, -0.25) is 0 Å². The van der Waals surface area contributed by atoms with Crippen molar-refractivity contribution in [2.45, 2.75) is 0 Å². The Balaban J connectivity index is -0.0000000817. The van der Waals surface area contributed by atoms with Crippen LogP contribution in [-0.2, 0) is 9.59 Å². The minimum Gasteiger partial charge on any atom is -0.870 e. The Morgan fingerprint density at radius 2 is 1.09 bits per heavy atom. The number of hydrogen-bond donors (Lipinski definition) is 0. The molecule has 0 bridgehead atoms. The molecule has 0 spiro atoms. The molecular weight excluding hydrogens is 351 g/mol. The molecule has 0 aromatic carbocycles. The van der Waals surface area contributed by atoms with Crippen LogP contribution in [0.1, 0.15) is 0 Å². The van der Waals surface area contributed by atoms with Crippen LogP contribution in [0.2, 0.25) is 0 Å². The van der Waals surface area contributed by atoms with Gasteiger partial charge in [-0.2, -0.15) is 0 Å². The second-order valence-corrected chi connectivity index (χ2v) is 0.971. The summed E-state index contributed by atoms with van der Waals surface area (Å²) in [6.45, 7) is 0. The summed E-state index contributed by atoms with van der Waals surface area (Å²) in [4.78, 5) is 18.8. The van der Waals surface area contributed by atoms with E-state index >= 15 is 0 Å². The van der Waals surface area contributed by atoms with E-state index in [0.717, 1.165) is 0 Å². The number of carboxylic acid groups (broad SMARTS) is 2. The van der Waals surface area contributed by atoms with Crippen LogP contribution in [0.3, 0.4) is 0 Å². The molecule has 0 amide bonds. The van der Waals surface area contributed by atoms with Gasteiger partial charge in [0.1, 0.15) is 0 Å². The summed E-state index contributed by atoms with van der Waals surface area (Å²) in [7, 11) is 0. The van der Waals surface area contributed by atoms with E-state index in [1.807, 2.05) is 0 Å². The molecule has 7 heteroatoms. The van der Waals surface area contributed by atoms with Crippen LogP contribution in [0.5, 0.6) is 0 Å². The van der Waals surface area contributed by atoms with E-state index in [-0.39, 0.29) is 38.3 Å². The van der Waals surface area contributed by atoms with Crippen molar-refractivity contribution in [3.8, 4) is 0 Å². The molecule has 0 unspecified atom stereocenters. The Kier molecular flexibility index (Phi) is 24.9. The maximum absolute atomic E-state index is 9.41. The van der Waals surface area contributed by atoms with Gasteiger partial charge in [-0.25, -0.2) is 0 Å². The maximum Gasteiger partial charge on any atom is 0.0643 e. The van der Waals surface area contributed by atoms with Crippen LogP contribution in [0.15, 0.2) is 12.2 Å². The topological polar surface area (TPSA) is 140 Å². The van der Waals surface area contributed by atoms with Crippen LogP contribution in [0.25, 0.3) is 0 Å². The van der Waals surface area contributed by atoms with E-state index in [4.69, 9.17) is 0 Å². The monoisotopic (exact) mass is 356 g/mol. The molecule has 0 aliphatic heterocycles. The van der Waals surface area contributed by atoms with E-state index in [1.165, 1.54) is 0 Å². The Hall–Kier alpha value is -0.478. The average Bonchev–Trinajstić information content (AvgIpc) is 1.61. The molecule has 2 N–H and O–H groups in total. The number of hydrogen-bond acceptors (Lipinski definition) is 6. The first kappa shape index (κ1) is 22.4. The van der Waals surface area contributed by atoms with Gasteiger partial charge in [-0.1, -0.05) is 0 Å². The Morgan fingerprint density at radius 1 is 0.909 bits per heavy atom. The number of carbonyl (C=O) groups excluding carboxylic acids is 2. The fourth-order valence-electron chi connectivity index (χ4n) is 0.136. The number of rotatable bonds is 2. The smallest absolute Gasteiger partial charge is 0.0643 e. The summed E-state index contributed by atoms with van der Waals surface area (Å²) in [6, 6.07) is 0. The Morgan fingerprint density at radius 3 is 1.18 bits per heavy atom. The van der Waals surface area contributed by atoms with Crippen molar-refractivity contribution in [1.29, 1.82) is 0 Å². The van der Waals surface area contributed by atoms with Crippen LogP contribution in [0.4, 0.5) is 0 Å². The quantitative estimate of drug-likeness (QED) is 0.369. The Bertz CT molecular complexity index is 126. The fourth-order valence-corrected chi connectivity index (χ4v) is 0.136. The fraction of sp³-hybridized carbons (Fsp3) is 0. The molecule has 0 rings (SSSR count). The molecule has 11 heavy (non-hydrogen) atoms. The Labute approximate surface area is 82.3 Å². The molecule has 0 aromatic rings. The number of carboxylic acids is 2. The van der Waals surface area contributed by atoms with Crippen molar-refractivity contribution >= 4 is 39.2 Å². The maximum atomic E-state index is 9.41. The molecule has 0 saturated heterocycles. The van der Waals surface area contributed by atoms with Gasteiger partial charge in [0.05, 0.1) is 11.9 Å². The van der Waals surface area contributed by atoms with E-state index in [1.54, 1.807) is 0 Å². The molecule has 6 nitrogen and oxygen atoms in total. The third-order valence-electron chi connectivity index (χ3n) is 0.355. The van der Waals surface area contributed by atoms with Crippen LogP contribution >= 0.6 is 0 Å². The first-order chi connectivity index (χ1) is 3.63. The predicted molar refractivity (Wildman–Crippen MR) is 28.8 cm³/mol. The molecule has 64 valence electrons. The van der Waals surface area contributed by atoms with E-state index < -0.39 is 11.9 Å². The summed E-state index contributed by atoms with van der Waals surface area (Å²) in [5.74, 6) is -3.09. The van der Waals surface area contributed by atoms with Gasteiger partial charge in [-0.15, -0.1) is 0 Å². The molecular formula is C4H4O6Pb-4. The molecule has 0 aliphatic carbocycles. The van der Waals surface area contributed by atoms with Gasteiger partial charge in [0.25, 0.3) is 0 Å². The summed E-state index contributed by atoms with van der Waals surface area (Å²) in [6.07, 6.45) is 0.769. The molecule has 0 aliphatic rings. The van der Waals surface area contributed by atoms with E-state index in [9.17, 15) is 19.8 Å². The standard InChI is InChI=1S/C4H4O4.2H2O.Pb/c5-3(6)1-2-4(7)8;;;/h1-2H,(H,5,6)(H,7,8);2*1H2;/p-4/b2-1-;;;. The molecule has 0 fully saturated rings. The van der Waals surface area contributed by atoms with Crippen molar-refractivity contribution in [2.75, 3.05) is 0 Å². The minimum atomic E-state index is -1.55. The second-order valence-electron chi connectivity index (χ2n) is 0.971. The second kappa shape index (κ2) is 12.2. The summed E-state index contributed by atoms with van der Waals surface area (Å²) < 4.78 is 0. The van der Waals surface area contributed by atoms with Crippen LogP contribution in [0, 0.1) is 0 Å². The molecule has 0 saturated carbocycles. The number of carbonyl (C=O) groups is 2. The molecule has 0 aromatic heterocycles. The van der Waals surface area contributed by atoms with Crippen LogP contribution < -0.4 is 10.2 Å². The van der Waals surface area contributed by atoms with Crippen molar-refractivity contribution < 1.29 is 30.8 Å². The first-order valence-corrected chi connectivity index (χ1v) is 1.73. The summed E-state index contributed by atoms with van der Waals surface area (Å²) >= 11 is 0. The number of aliphatic carboxylic acids is 2. The zero-order chi connectivity index (χ0) is 6.57. The van der Waals surface area contributed by atoms with Gasteiger partial charge in [0.2, 0.25) is 0 Å². The summed E-state index contributed by atoms with van der Waals surface area (Å²) in [5.41, 5.74) is 0. The molecule has 0 atom stereocenters. The van der Waals surface area contributed by atoms with Crippen molar-refractivity contribution in [1.82, 2.24) is 0 Å². The average molecular weight is 355 g/mol. The molecule has 4 radical (unpaired) electrons. The summed E-state index contributed by atoms with van der Waals surface area (Å²) in [5, 5.41) is 18.8. The van der Waals surface area contributed by atoms with Gasteiger partial charge in [0.15, 0.2) is 0 Å². The van der Waals surface area contributed by atoms with Crippen molar-refractivity contribution in [3.05, 3.63) is 12.2 Å². The van der Waals surface area contributed by atoms with Crippen molar-refractivity contribution in [3.63, 3.8) is 0 Å². The van der Waals surface area contributed by atoms with Gasteiger partial charge < -0.3 is 30.8 Å². The minimum absolute atomic E-state index is 0. The van der Waals surface area contributed by atoms with Crippen molar-refractivity contribution in [2.24, 2.45) is 0 Å². The molecule has 0 heterocycles. The normalized spacial score (nSPS) is 6.91. The van der Waals surface area contributed by atoms with Crippen LogP contribution in [-0.4, -0.2) is 50.2 Å². The zero-order valence-corrected chi connectivity index (χ0v) is 9.07. The zero-order valence-electron chi connectivity index (χ0n) is 5.18. The SMILES string of the molecule is O=C([O-])/C=C\C(=O)[O-].[OH-].[OH-].[Pb]. The predicted octanol–water partition coefficient (Wildman–Crippen LogP) is -3.69.